The van der Waals surface area contributed by atoms with Crippen molar-refractivity contribution in [2.45, 2.75) is 38.7 Å². The topological polar surface area (TPSA) is 106 Å². The first-order chi connectivity index (χ1) is 9.17. The molecule has 4 N–H and O–H groups in total. The van der Waals surface area contributed by atoms with Gasteiger partial charge >= 0.3 is 6.01 Å². The Morgan fingerprint density at radius 1 is 1.26 bits per heavy atom. The minimum Gasteiger partial charge on any atom is -0.464 e. The first-order valence-corrected chi connectivity index (χ1v) is 6.73. The summed E-state index contributed by atoms with van der Waals surface area (Å²) in [5.41, 5.74) is 5.60. The molecule has 1 saturated carbocycles. The largest absolute Gasteiger partial charge is 0.464 e. The number of hydrogen-bond donors (Lipinski definition) is 3. The predicted molar refractivity (Wildman–Crippen MR) is 71.9 cm³/mol. The summed E-state index contributed by atoms with van der Waals surface area (Å²) in [4.78, 5) is 12.1. The molecule has 0 atom stereocenters. The summed E-state index contributed by atoms with van der Waals surface area (Å²) in [6.07, 6.45) is 3.65. The number of nitrogens with two attached hydrogens (primary N) is 1. The second kappa shape index (κ2) is 6.51. The van der Waals surface area contributed by atoms with Crippen LogP contribution in [0, 0.1) is 5.92 Å². The van der Waals surface area contributed by atoms with Gasteiger partial charge in [0.25, 0.3) is 0 Å². The lowest BCUT2D eigenvalue weighted by Gasteiger charge is -2.25. The molecule has 0 amide bonds. The summed E-state index contributed by atoms with van der Waals surface area (Å²) in [7, 11) is 0. The number of nitrogens with one attached hydrogen (secondary N) is 1. The molecule has 0 bridgehead atoms. The SMILES string of the molecule is CCOc1nc(N)nc(NCC2CCC(O)CC2)n1. The van der Waals surface area contributed by atoms with Crippen molar-refractivity contribution in [2.24, 2.45) is 5.92 Å². The number of aromatic nitrogens is 3. The van der Waals surface area contributed by atoms with E-state index in [2.05, 4.69) is 20.3 Å². The normalized spacial score (nSPS) is 23.1. The molecule has 7 heteroatoms. The lowest BCUT2D eigenvalue weighted by atomic mass is 9.87. The zero-order valence-electron chi connectivity index (χ0n) is 11.2. The van der Waals surface area contributed by atoms with Gasteiger partial charge in [-0.3, -0.25) is 0 Å². The molecule has 0 aliphatic heterocycles. The van der Waals surface area contributed by atoms with Crippen molar-refractivity contribution >= 4 is 11.9 Å². The van der Waals surface area contributed by atoms with Gasteiger partial charge in [0.2, 0.25) is 11.9 Å². The average Bonchev–Trinajstić information content (AvgIpc) is 2.38. The van der Waals surface area contributed by atoms with Crippen molar-refractivity contribution in [1.29, 1.82) is 0 Å². The molecule has 19 heavy (non-hydrogen) atoms. The standard InChI is InChI=1S/C12H21N5O2/c1-2-19-12-16-10(13)15-11(17-12)14-7-8-3-5-9(18)6-4-8/h8-9,18H,2-7H2,1H3,(H3,13,14,15,16,17). The van der Waals surface area contributed by atoms with E-state index in [1.807, 2.05) is 6.92 Å². The van der Waals surface area contributed by atoms with Gasteiger partial charge in [0.05, 0.1) is 12.7 Å². The van der Waals surface area contributed by atoms with E-state index in [0.717, 1.165) is 32.2 Å². The van der Waals surface area contributed by atoms with Crippen LogP contribution in [0.25, 0.3) is 0 Å². The fourth-order valence-corrected chi connectivity index (χ4v) is 2.23. The third-order valence-corrected chi connectivity index (χ3v) is 3.27. The van der Waals surface area contributed by atoms with Gasteiger partial charge in [-0.25, -0.2) is 0 Å². The quantitative estimate of drug-likeness (QED) is 0.725. The van der Waals surface area contributed by atoms with E-state index >= 15 is 0 Å². The number of ether oxygens (including phenoxy) is 1. The maximum Gasteiger partial charge on any atom is 0.323 e. The van der Waals surface area contributed by atoms with Gasteiger partial charge in [-0.2, -0.15) is 15.0 Å². The van der Waals surface area contributed by atoms with Crippen molar-refractivity contribution < 1.29 is 9.84 Å². The van der Waals surface area contributed by atoms with Crippen LogP contribution in [0.5, 0.6) is 6.01 Å². The molecular formula is C12H21N5O2. The summed E-state index contributed by atoms with van der Waals surface area (Å²) >= 11 is 0. The first kappa shape index (κ1) is 13.8. The van der Waals surface area contributed by atoms with Crippen LogP contribution in [-0.2, 0) is 0 Å². The van der Waals surface area contributed by atoms with Crippen LogP contribution < -0.4 is 15.8 Å². The van der Waals surface area contributed by atoms with Gasteiger partial charge < -0.3 is 20.9 Å². The number of aliphatic hydroxyl groups excluding tert-OH is 1. The zero-order chi connectivity index (χ0) is 13.7. The zero-order valence-corrected chi connectivity index (χ0v) is 11.2. The molecule has 1 aliphatic rings. The average molecular weight is 267 g/mol. The van der Waals surface area contributed by atoms with Gasteiger partial charge in [-0.1, -0.05) is 0 Å². The highest BCUT2D eigenvalue weighted by molar-refractivity contribution is 5.32. The van der Waals surface area contributed by atoms with E-state index in [-0.39, 0.29) is 18.1 Å². The van der Waals surface area contributed by atoms with Crippen LogP contribution in [0.15, 0.2) is 0 Å². The molecule has 0 saturated heterocycles. The van der Waals surface area contributed by atoms with Crippen LogP contribution in [0.2, 0.25) is 0 Å². The molecule has 1 aromatic heterocycles. The number of hydrogen-bond acceptors (Lipinski definition) is 7. The Balaban J connectivity index is 1.88. The van der Waals surface area contributed by atoms with Crippen molar-refractivity contribution in [3.8, 4) is 6.01 Å². The van der Waals surface area contributed by atoms with Crippen LogP contribution >= 0.6 is 0 Å². The van der Waals surface area contributed by atoms with E-state index in [1.54, 1.807) is 0 Å². The Kier molecular flexibility index (Phi) is 4.73. The number of nitrogens with zero attached hydrogens (tertiary/aromatic N) is 3. The highest BCUT2D eigenvalue weighted by Gasteiger charge is 2.19. The maximum absolute atomic E-state index is 9.46. The third kappa shape index (κ3) is 4.20. The van der Waals surface area contributed by atoms with E-state index < -0.39 is 0 Å². The van der Waals surface area contributed by atoms with E-state index in [0.29, 0.717) is 18.5 Å². The van der Waals surface area contributed by atoms with Gasteiger partial charge in [-0.15, -0.1) is 0 Å². The summed E-state index contributed by atoms with van der Waals surface area (Å²) in [6, 6.07) is 0.247. The Morgan fingerprint density at radius 3 is 2.68 bits per heavy atom. The van der Waals surface area contributed by atoms with Crippen LogP contribution in [0.4, 0.5) is 11.9 Å². The molecule has 7 nitrogen and oxygen atoms in total. The number of nitrogen functional groups attached to an aromatic ring is 1. The molecule has 0 spiro atoms. The second-order valence-corrected chi connectivity index (χ2v) is 4.79. The summed E-state index contributed by atoms with van der Waals surface area (Å²) < 4.78 is 5.22. The first-order valence-electron chi connectivity index (χ1n) is 6.73. The van der Waals surface area contributed by atoms with Crippen molar-refractivity contribution in [2.75, 3.05) is 24.2 Å². The summed E-state index contributed by atoms with van der Waals surface area (Å²) in [5.74, 6) is 1.14. The molecular weight excluding hydrogens is 246 g/mol. The van der Waals surface area contributed by atoms with Crippen molar-refractivity contribution in [3.63, 3.8) is 0 Å². The van der Waals surface area contributed by atoms with Crippen molar-refractivity contribution in [1.82, 2.24) is 15.0 Å². The molecule has 0 unspecified atom stereocenters. The van der Waals surface area contributed by atoms with Crippen LogP contribution in [-0.4, -0.2) is 39.3 Å². The Bertz CT molecular complexity index is 407. The molecule has 1 heterocycles. The highest BCUT2D eigenvalue weighted by Crippen LogP contribution is 2.24. The Morgan fingerprint density at radius 2 is 2.00 bits per heavy atom. The van der Waals surface area contributed by atoms with Crippen LogP contribution in [0.1, 0.15) is 32.6 Å². The Labute approximate surface area is 112 Å². The van der Waals surface area contributed by atoms with Gasteiger partial charge in [-0.05, 0) is 38.5 Å². The lowest BCUT2D eigenvalue weighted by Crippen LogP contribution is -2.24. The van der Waals surface area contributed by atoms with E-state index in [1.165, 1.54) is 0 Å². The van der Waals surface area contributed by atoms with Gasteiger partial charge in [0.15, 0.2) is 0 Å². The van der Waals surface area contributed by atoms with Gasteiger partial charge in [0, 0.05) is 6.54 Å². The molecule has 106 valence electrons. The van der Waals surface area contributed by atoms with Gasteiger partial charge in [0.1, 0.15) is 0 Å². The molecule has 1 fully saturated rings. The van der Waals surface area contributed by atoms with Crippen LogP contribution in [0.3, 0.4) is 0 Å². The predicted octanol–water partition coefficient (Wildman–Crippen LogP) is 0.815. The number of aliphatic hydroxyl groups is 1. The van der Waals surface area contributed by atoms with Crippen molar-refractivity contribution in [3.05, 3.63) is 0 Å². The lowest BCUT2D eigenvalue weighted by molar-refractivity contribution is 0.111. The number of rotatable bonds is 5. The molecule has 0 radical (unpaired) electrons. The fraction of sp³-hybridized carbons (Fsp3) is 0.750. The summed E-state index contributed by atoms with van der Waals surface area (Å²) in [5, 5.41) is 12.6. The fourth-order valence-electron chi connectivity index (χ4n) is 2.23. The second-order valence-electron chi connectivity index (χ2n) is 4.79. The van der Waals surface area contributed by atoms with E-state index in [9.17, 15) is 5.11 Å². The minimum atomic E-state index is -0.131. The van der Waals surface area contributed by atoms with E-state index in [4.69, 9.17) is 10.5 Å². The smallest absolute Gasteiger partial charge is 0.323 e. The molecule has 0 aromatic carbocycles. The Hall–Kier alpha value is -1.63. The maximum atomic E-state index is 9.46. The molecule has 1 aromatic rings. The minimum absolute atomic E-state index is 0.131. The third-order valence-electron chi connectivity index (χ3n) is 3.27. The monoisotopic (exact) mass is 267 g/mol. The summed E-state index contributed by atoms with van der Waals surface area (Å²) in [6.45, 7) is 3.13. The number of anilines is 2. The molecule has 1 aliphatic carbocycles. The molecule has 2 rings (SSSR count). The highest BCUT2D eigenvalue weighted by atomic mass is 16.5.